The Balaban J connectivity index is 0.00000161. The molecule has 0 bridgehead atoms. The van der Waals surface area contributed by atoms with E-state index in [4.69, 9.17) is 17.3 Å². The van der Waals surface area contributed by atoms with Crippen LogP contribution in [0.1, 0.15) is 37.8 Å². The maximum atomic E-state index is 13.3. The fourth-order valence-corrected chi connectivity index (χ4v) is 4.04. The van der Waals surface area contributed by atoms with Gasteiger partial charge < -0.3 is 5.73 Å². The van der Waals surface area contributed by atoms with Gasteiger partial charge in [-0.15, -0.1) is 12.4 Å². The summed E-state index contributed by atoms with van der Waals surface area (Å²) in [7, 11) is 0. The zero-order valence-corrected chi connectivity index (χ0v) is 13.8. The van der Waals surface area contributed by atoms with Gasteiger partial charge in [-0.1, -0.05) is 24.1 Å². The lowest BCUT2D eigenvalue weighted by molar-refractivity contribution is 0.245. The van der Waals surface area contributed by atoms with Crippen molar-refractivity contribution in [1.82, 2.24) is 4.90 Å². The van der Waals surface area contributed by atoms with E-state index in [1.165, 1.54) is 18.9 Å². The lowest BCUT2D eigenvalue weighted by atomic mass is 9.78. The van der Waals surface area contributed by atoms with Crippen LogP contribution in [0.5, 0.6) is 0 Å². The fourth-order valence-electron chi connectivity index (χ4n) is 3.85. The van der Waals surface area contributed by atoms with E-state index in [1.807, 2.05) is 6.07 Å². The molecule has 5 heteroatoms. The van der Waals surface area contributed by atoms with Crippen molar-refractivity contribution < 1.29 is 4.39 Å². The van der Waals surface area contributed by atoms with Crippen molar-refractivity contribution in [2.45, 2.75) is 38.3 Å². The number of fused-ring (bicyclic) bond motifs is 1. The topological polar surface area (TPSA) is 29.3 Å². The van der Waals surface area contributed by atoms with E-state index in [0.717, 1.165) is 31.0 Å². The molecule has 2 aliphatic rings. The smallest absolute Gasteiger partial charge is 0.141 e. The highest BCUT2D eigenvalue weighted by Crippen LogP contribution is 2.39. The van der Waals surface area contributed by atoms with Crippen molar-refractivity contribution in [1.29, 1.82) is 0 Å². The summed E-state index contributed by atoms with van der Waals surface area (Å²) >= 11 is 5.90. The Hall–Kier alpha value is -0.350. The first kappa shape index (κ1) is 17.0. The molecule has 1 saturated heterocycles. The van der Waals surface area contributed by atoms with Crippen LogP contribution in [0.4, 0.5) is 4.39 Å². The lowest BCUT2D eigenvalue weighted by Crippen LogP contribution is -2.38. The molecule has 2 fully saturated rings. The summed E-state index contributed by atoms with van der Waals surface area (Å²) in [5, 5.41) is 0.211. The molecule has 0 spiro atoms. The van der Waals surface area contributed by atoms with E-state index in [1.54, 1.807) is 6.07 Å². The number of halogens is 3. The third-order valence-electron chi connectivity index (χ3n) is 5.16. The van der Waals surface area contributed by atoms with Crippen LogP contribution in [-0.2, 0) is 0 Å². The summed E-state index contributed by atoms with van der Waals surface area (Å²) in [6.07, 6.45) is 3.71. The van der Waals surface area contributed by atoms with Gasteiger partial charge in [0.05, 0.1) is 5.02 Å². The van der Waals surface area contributed by atoms with E-state index >= 15 is 0 Å². The predicted molar refractivity (Wildman–Crippen MR) is 87.5 cm³/mol. The molecule has 0 radical (unpaired) electrons. The van der Waals surface area contributed by atoms with Gasteiger partial charge in [-0.2, -0.15) is 0 Å². The molecule has 1 aliphatic carbocycles. The molecule has 1 saturated carbocycles. The Labute approximate surface area is 137 Å². The van der Waals surface area contributed by atoms with Crippen LogP contribution in [0.2, 0.25) is 5.02 Å². The molecule has 4 unspecified atom stereocenters. The molecule has 1 aromatic rings. The van der Waals surface area contributed by atoms with Gasteiger partial charge >= 0.3 is 0 Å². The highest BCUT2D eigenvalue weighted by Gasteiger charge is 2.40. The molecular formula is C16H23Cl2FN2. The van der Waals surface area contributed by atoms with Crippen LogP contribution in [0.15, 0.2) is 18.2 Å². The standard InChI is InChI=1S/C16H22ClFN2.ClH/c1-10(11-5-6-15(18)14(17)7-11)20-8-12-3-2-4-16(19)13(12)9-20;/h5-7,10,12-13,16H,2-4,8-9,19H2,1H3;1H. The highest BCUT2D eigenvalue weighted by molar-refractivity contribution is 6.30. The van der Waals surface area contributed by atoms with E-state index in [-0.39, 0.29) is 29.3 Å². The first-order chi connectivity index (χ1) is 9.56. The van der Waals surface area contributed by atoms with E-state index < -0.39 is 0 Å². The first-order valence-electron chi connectivity index (χ1n) is 7.51. The lowest BCUT2D eigenvalue weighted by Gasteiger charge is -2.30. The van der Waals surface area contributed by atoms with Gasteiger partial charge in [0.1, 0.15) is 5.82 Å². The molecular weight excluding hydrogens is 310 g/mol. The quantitative estimate of drug-likeness (QED) is 0.886. The fraction of sp³-hybridized carbons (Fsp3) is 0.625. The van der Waals surface area contributed by atoms with Crippen molar-refractivity contribution in [3.8, 4) is 0 Å². The number of nitrogens with two attached hydrogens (primary N) is 1. The minimum absolute atomic E-state index is 0. The normalized spacial score (nSPS) is 30.6. The second-order valence-electron chi connectivity index (χ2n) is 6.32. The third kappa shape index (κ3) is 3.37. The van der Waals surface area contributed by atoms with Crippen molar-refractivity contribution >= 4 is 24.0 Å². The van der Waals surface area contributed by atoms with Crippen molar-refractivity contribution in [3.63, 3.8) is 0 Å². The average Bonchev–Trinajstić information content (AvgIpc) is 2.86. The summed E-state index contributed by atoms with van der Waals surface area (Å²) < 4.78 is 13.3. The molecule has 2 nitrogen and oxygen atoms in total. The van der Waals surface area contributed by atoms with E-state index in [0.29, 0.717) is 12.0 Å². The number of nitrogens with zero attached hydrogens (tertiary/aromatic N) is 1. The molecule has 0 aromatic heterocycles. The summed E-state index contributed by atoms with van der Waals surface area (Å²) in [6, 6.07) is 5.67. The van der Waals surface area contributed by atoms with Crippen LogP contribution >= 0.6 is 24.0 Å². The zero-order chi connectivity index (χ0) is 14.3. The van der Waals surface area contributed by atoms with Crippen LogP contribution in [0.25, 0.3) is 0 Å². The van der Waals surface area contributed by atoms with E-state index in [9.17, 15) is 4.39 Å². The summed E-state index contributed by atoms with van der Waals surface area (Å²) in [5.41, 5.74) is 7.35. The summed E-state index contributed by atoms with van der Waals surface area (Å²) in [5.74, 6) is 1.01. The second kappa shape index (κ2) is 6.82. The van der Waals surface area contributed by atoms with Gasteiger partial charge in [-0.3, -0.25) is 4.90 Å². The van der Waals surface area contributed by atoms with Crippen molar-refractivity contribution in [2.75, 3.05) is 13.1 Å². The third-order valence-corrected chi connectivity index (χ3v) is 5.45. The molecule has 1 heterocycles. The van der Waals surface area contributed by atoms with E-state index in [2.05, 4.69) is 11.8 Å². The Kier molecular flexibility index (Phi) is 5.53. The zero-order valence-electron chi connectivity index (χ0n) is 12.3. The SMILES string of the molecule is CC(c1ccc(F)c(Cl)c1)N1CC2CCCC(N)C2C1.Cl. The maximum Gasteiger partial charge on any atom is 0.141 e. The van der Waals surface area contributed by atoms with Gasteiger partial charge in [0.25, 0.3) is 0 Å². The Bertz CT molecular complexity index is 497. The Morgan fingerprint density at radius 1 is 1.33 bits per heavy atom. The number of hydrogen-bond donors (Lipinski definition) is 1. The number of hydrogen-bond acceptors (Lipinski definition) is 2. The van der Waals surface area contributed by atoms with Crippen LogP contribution < -0.4 is 5.73 Å². The summed E-state index contributed by atoms with van der Waals surface area (Å²) in [4.78, 5) is 2.48. The Morgan fingerprint density at radius 2 is 2.10 bits per heavy atom. The minimum atomic E-state index is -0.347. The molecule has 2 N–H and O–H groups in total. The minimum Gasteiger partial charge on any atom is -0.327 e. The number of likely N-dealkylation sites (tertiary alicyclic amines) is 1. The monoisotopic (exact) mass is 332 g/mol. The predicted octanol–water partition coefficient (Wildman–Crippen LogP) is 4.02. The second-order valence-corrected chi connectivity index (χ2v) is 6.73. The van der Waals surface area contributed by atoms with Crippen LogP contribution in [0.3, 0.4) is 0 Å². The van der Waals surface area contributed by atoms with Crippen LogP contribution in [-0.4, -0.2) is 24.0 Å². The average molecular weight is 333 g/mol. The maximum absolute atomic E-state index is 13.3. The van der Waals surface area contributed by atoms with Crippen LogP contribution in [0, 0.1) is 17.7 Å². The van der Waals surface area contributed by atoms with Crippen molar-refractivity contribution in [3.05, 3.63) is 34.6 Å². The molecule has 4 atom stereocenters. The Morgan fingerprint density at radius 3 is 2.76 bits per heavy atom. The molecule has 21 heavy (non-hydrogen) atoms. The van der Waals surface area contributed by atoms with Gasteiger partial charge in [0.15, 0.2) is 0 Å². The van der Waals surface area contributed by atoms with Gasteiger partial charge in [-0.05, 0) is 49.3 Å². The number of benzene rings is 1. The molecule has 118 valence electrons. The highest BCUT2D eigenvalue weighted by atomic mass is 35.5. The molecule has 1 aromatic carbocycles. The molecule has 0 amide bonds. The number of rotatable bonds is 2. The van der Waals surface area contributed by atoms with Gasteiger partial charge in [0.2, 0.25) is 0 Å². The summed E-state index contributed by atoms with van der Waals surface area (Å²) in [6.45, 7) is 4.34. The van der Waals surface area contributed by atoms with Gasteiger partial charge in [0, 0.05) is 25.2 Å². The van der Waals surface area contributed by atoms with Gasteiger partial charge in [-0.25, -0.2) is 4.39 Å². The largest absolute Gasteiger partial charge is 0.327 e. The molecule has 1 aliphatic heterocycles. The van der Waals surface area contributed by atoms with Crippen molar-refractivity contribution in [2.24, 2.45) is 17.6 Å². The first-order valence-corrected chi connectivity index (χ1v) is 7.88. The molecule has 3 rings (SSSR count).